The molecule has 1 aliphatic rings. The van der Waals surface area contributed by atoms with Gasteiger partial charge >= 0.3 is 0 Å². The second kappa shape index (κ2) is 4.91. The fraction of sp³-hybridized carbons (Fsp3) is 0.455. The molecule has 1 aromatic carbocycles. The van der Waals surface area contributed by atoms with Crippen LogP contribution in [-0.2, 0) is 11.4 Å². The van der Waals surface area contributed by atoms with Gasteiger partial charge in [-0.3, -0.25) is 0 Å². The zero-order valence-electron chi connectivity index (χ0n) is 9.30. The minimum atomic E-state index is 0.535. The summed E-state index contributed by atoms with van der Waals surface area (Å²) in [7, 11) is 1.57. The summed E-state index contributed by atoms with van der Waals surface area (Å²) in [5, 5.41) is 0.689. The molecule has 0 atom stereocenters. The number of hydrogen-bond donors (Lipinski definition) is 1. The molecule has 0 amide bonds. The molecule has 88 valence electrons. The monoisotopic (exact) mass is 243 g/mol. The normalized spacial score (nSPS) is 13.9. The molecule has 5 heteroatoms. The molecule has 1 N–H and O–H groups in total. The van der Waals surface area contributed by atoms with Crippen LogP contribution in [0, 0.1) is 6.92 Å². The summed E-state index contributed by atoms with van der Waals surface area (Å²) in [4.78, 5) is 4.80. The zero-order chi connectivity index (χ0) is 11.5. The van der Waals surface area contributed by atoms with Gasteiger partial charge in [-0.1, -0.05) is 11.6 Å². The molecule has 0 saturated heterocycles. The molecule has 0 fully saturated rings. The number of ether oxygens (including phenoxy) is 2. The van der Waals surface area contributed by atoms with Gasteiger partial charge in [-0.2, -0.15) is 5.48 Å². The van der Waals surface area contributed by atoms with Crippen LogP contribution in [0.4, 0.5) is 0 Å². The van der Waals surface area contributed by atoms with Crippen molar-refractivity contribution in [2.24, 2.45) is 0 Å². The summed E-state index contributed by atoms with van der Waals surface area (Å²) in [6.07, 6.45) is 0. The molecule has 0 bridgehead atoms. The van der Waals surface area contributed by atoms with Gasteiger partial charge in [0.25, 0.3) is 0 Å². The lowest BCUT2D eigenvalue weighted by Crippen LogP contribution is -2.18. The number of hydrogen-bond acceptors (Lipinski definition) is 4. The maximum atomic E-state index is 6.23. The smallest absolute Gasteiger partial charge is 0.165 e. The lowest BCUT2D eigenvalue weighted by Gasteiger charge is -2.22. The third-order valence-corrected chi connectivity index (χ3v) is 3.00. The van der Waals surface area contributed by atoms with Crippen LogP contribution >= 0.6 is 11.6 Å². The highest BCUT2D eigenvalue weighted by atomic mass is 35.5. The first-order valence-corrected chi connectivity index (χ1v) is 5.45. The Morgan fingerprint density at radius 1 is 1.44 bits per heavy atom. The topological polar surface area (TPSA) is 39.7 Å². The molecule has 1 aliphatic heterocycles. The molecule has 1 heterocycles. The van der Waals surface area contributed by atoms with Crippen LogP contribution in [-0.4, -0.2) is 20.3 Å². The van der Waals surface area contributed by atoms with E-state index in [9.17, 15) is 0 Å². The average molecular weight is 244 g/mol. The molecule has 0 aromatic heterocycles. The number of benzene rings is 1. The van der Waals surface area contributed by atoms with E-state index in [1.807, 2.05) is 13.0 Å². The van der Waals surface area contributed by atoms with Crippen molar-refractivity contribution in [2.45, 2.75) is 13.5 Å². The second-order valence-electron chi connectivity index (χ2n) is 3.52. The van der Waals surface area contributed by atoms with Crippen LogP contribution in [0.5, 0.6) is 11.5 Å². The van der Waals surface area contributed by atoms with Crippen molar-refractivity contribution in [1.29, 1.82) is 0 Å². The first kappa shape index (κ1) is 11.5. The van der Waals surface area contributed by atoms with Gasteiger partial charge in [0.2, 0.25) is 0 Å². The zero-order valence-corrected chi connectivity index (χ0v) is 10.1. The van der Waals surface area contributed by atoms with Gasteiger partial charge in [0.1, 0.15) is 13.2 Å². The molecule has 0 spiro atoms. The van der Waals surface area contributed by atoms with Gasteiger partial charge in [0.15, 0.2) is 11.5 Å². The molecule has 0 radical (unpaired) electrons. The van der Waals surface area contributed by atoms with Gasteiger partial charge in [0, 0.05) is 12.1 Å². The summed E-state index contributed by atoms with van der Waals surface area (Å²) in [5.74, 6) is 1.50. The minimum Gasteiger partial charge on any atom is -0.486 e. The number of rotatable bonds is 3. The van der Waals surface area contributed by atoms with Crippen LogP contribution in [0.25, 0.3) is 0 Å². The number of nitrogens with one attached hydrogen (secondary N) is 1. The summed E-state index contributed by atoms with van der Waals surface area (Å²) in [5.41, 5.74) is 4.60. The van der Waals surface area contributed by atoms with Crippen LogP contribution in [0.1, 0.15) is 11.1 Å². The highest BCUT2D eigenvalue weighted by Gasteiger charge is 2.19. The van der Waals surface area contributed by atoms with Crippen molar-refractivity contribution in [3.05, 3.63) is 22.2 Å². The fourth-order valence-corrected chi connectivity index (χ4v) is 1.88. The highest BCUT2D eigenvalue weighted by Crippen LogP contribution is 2.39. The van der Waals surface area contributed by atoms with Crippen LogP contribution < -0.4 is 15.0 Å². The van der Waals surface area contributed by atoms with Crippen molar-refractivity contribution < 1.29 is 14.3 Å². The fourth-order valence-electron chi connectivity index (χ4n) is 1.67. The Kier molecular flexibility index (Phi) is 3.53. The first-order chi connectivity index (χ1) is 7.74. The summed E-state index contributed by atoms with van der Waals surface area (Å²) in [6.45, 7) is 3.60. The van der Waals surface area contributed by atoms with Crippen LogP contribution in [0.2, 0.25) is 5.02 Å². The minimum absolute atomic E-state index is 0.535. The Morgan fingerprint density at radius 2 is 2.19 bits per heavy atom. The molecular formula is C11H14ClNO3. The largest absolute Gasteiger partial charge is 0.486 e. The number of hydroxylamine groups is 1. The third kappa shape index (κ3) is 2.09. The van der Waals surface area contributed by atoms with E-state index in [4.69, 9.17) is 25.9 Å². The lowest BCUT2D eigenvalue weighted by molar-refractivity contribution is 0.0865. The van der Waals surface area contributed by atoms with Gasteiger partial charge in [-0.15, -0.1) is 0 Å². The van der Waals surface area contributed by atoms with Crippen molar-refractivity contribution in [1.82, 2.24) is 5.48 Å². The van der Waals surface area contributed by atoms with Crippen molar-refractivity contribution >= 4 is 11.6 Å². The summed E-state index contributed by atoms with van der Waals surface area (Å²) < 4.78 is 11.1. The molecule has 0 saturated carbocycles. The van der Waals surface area contributed by atoms with Gasteiger partial charge in [-0.05, 0) is 18.6 Å². The molecule has 1 aromatic rings. The van der Waals surface area contributed by atoms with Crippen molar-refractivity contribution in [3.63, 3.8) is 0 Å². The van der Waals surface area contributed by atoms with E-state index < -0.39 is 0 Å². The van der Waals surface area contributed by atoms with Gasteiger partial charge < -0.3 is 14.3 Å². The Labute approximate surface area is 99.4 Å². The van der Waals surface area contributed by atoms with E-state index in [2.05, 4.69) is 5.48 Å². The quantitative estimate of drug-likeness (QED) is 0.825. The van der Waals surface area contributed by atoms with E-state index in [1.165, 1.54) is 0 Å². The molecule has 0 aliphatic carbocycles. The van der Waals surface area contributed by atoms with E-state index in [1.54, 1.807) is 7.11 Å². The molecule has 0 unspecified atom stereocenters. The van der Waals surface area contributed by atoms with E-state index >= 15 is 0 Å². The lowest BCUT2D eigenvalue weighted by atomic mass is 10.1. The molecular weight excluding hydrogens is 230 g/mol. The Morgan fingerprint density at radius 3 is 2.94 bits per heavy atom. The summed E-state index contributed by atoms with van der Waals surface area (Å²) in [6, 6.07) is 1.88. The molecule has 16 heavy (non-hydrogen) atoms. The van der Waals surface area contributed by atoms with Gasteiger partial charge in [0.05, 0.1) is 12.1 Å². The van der Waals surface area contributed by atoms with Crippen LogP contribution in [0.3, 0.4) is 0 Å². The number of fused-ring (bicyclic) bond motifs is 1. The predicted molar refractivity (Wildman–Crippen MR) is 61.0 cm³/mol. The number of halogens is 1. The Bertz CT molecular complexity index is 395. The van der Waals surface area contributed by atoms with E-state index in [0.29, 0.717) is 24.8 Å². The van der Waals surface area contributed by atoms with Crippen molar-refractivity contribution in [2.75, 3.05) is 20.3 Å². The Balaban J connectivity index is 2.36. The maximum absolute atomic E-state index is 6.23. The molecule has 4 nitrogen and oxygen atoms in total. The van der Waals surface area contributed by atoms with E-state index in [-0.39, 0.29) is 0 Å². The SMILES string of the molecule is CONCc1cc2c(c(C)c1Cl)OCCO2. The highest BCUT2D eigenvalue weighted by molar-refractivity contribution is 6.32. The predicted octanol–water partition coefficient (Wildman–Crippen LogP) is 2.07. The first-order valence-electron chi connectivity index (χ1n) is 5.07. The Hall–Kier alpha value is -0.970. The summed E-state index contributed by atoms with van der Waals surface area (Å²) >= 11 is 6.23. The second-order valence-corrected chi connectivity index (χ2v) is 3.90. The maximum Gasteiger partial charge on any atom is 0.165 e. The third-order valence-electron chi connectivity index (χ3n) is 2.48. The van der Waals surface area contributed by atoms with E-state index in [0.717, 1.165) is 22.6 Å². The van der Waals surface area contributed by atoms with Crippen LogP contribution in [0.15, 0.2) is 6.07 Å². The standard InChI is InChI=1S/C11H14ClNO3/c1-7-10(12)8(6-13-14-2)5-9-11(7)16-4-3-15-9/h5,13H,3-4,6H2,1-2H3. The van der Waals surface area contributed by atoms with Crippen molar-refractivity contribution in [3.8, 4) is 11.5 Å². The molecule has 2 rings (SSSR count). The average Bonchev–Trinajstić information content (AvgIpc) is 2.32. The van der Waals surface area contributed by atoms with Gasteiger partial charge in [-0.25, -0.2) is 0 Å².